The predicted molar refractivity (Wildman–Crippen MR) is 86.0 cm³/mol. The van der Waals surface area contributed by atoms with Gasteiger partial charge in [-0.25, -0.2) is 0 Å². The van der Waals surface area contributed by atoms with Gasteiger partial charge in [0.2, 0.25) is 0 Å². The summed E-state index contributed by atoms with van der Waals surface area (Å²) in [6.45, 7) is 6.55. The van der Waals surface area contributed by atoms with Gasteiger partial charge in [0.05, 0.1) is 0 Å². The number of unbranched alkanes of at least 4 members (excludes halogenated alkanes) is 7. The smallest absolute Gasteiger partial charge is 0.186 e. The van der Waals surface area contributed by atoms with Crippen LogP contribution in [0.2, 0.25) is 0 Å². The molecule has 0 amide bonds. The number of hydrogen-bond acceptors (Lipinski definition) is 4. The van der Waals surface area contributed by atoms with Crippen molar-refractivity contribution in [2.75, 3.05) is 6.61 Å². The van der Waals surface area contributed by atoms with Gasteiger partial charge < -0.3 is 19.7 Å². The summed E-state index contributed by atoms with van der Waals surface area (Å²) in [4.78, 5) is 0. The van der Waals surface area contributed by atoms with Crippen molar-refractivity contribution in [3.05, 3.63) is 0 Å². The SMILES string of the molecule is CCCCCCCOC(OC(O)CCCCCC)C(C)O. The highest BCUT2D eigenvalue weighted by atomic mass is 16.7. The van der Waals surface area contributed by atoms with E-state index in [-0.39, 0.29) is 0 Å². The molecule has 3 atom stereocenters. The topological polar surface area (TPSA) is 58.9 Å². The van der Waals surface area contributed by atoms with E-state index in [0.29, 0.717) is 13.0 Å². The Labute approximate surface area is 130 Å². The molecule has 128 valence electrons. The van der Waals surface area contributed by atoms with Gasteiger partial charge >= 0.3 is 0 Å². The van der Waals surface area contributed by atoms with Crippen LogP contribution in [0.5, 0.6) is 0 Å². The third-order valence-electron chi connectivity index (χ3n) is 3.52. The van der Waals surface area contributed by atoms with Crippen LogP contribution >= 0.6 is 0 Å². The second-order valence-electron chi connectivity index (χ2n) is 5.83. The largest absolute Gasteiger partial charge is 0.388 e. The molecule has 0 saturated carbocycles. The van der Waals surface area contributed by atoms with E-state index in [1.54, 1.807) is 6.92 Å². The summed E-state index contributed by atoms with van der Waals surface area (Å²) in [5.41, 5.74) is 0. The first-order valence-electron chi connectivity index (χ1n) is 8.75. The first-order chi connectivity index (χ1) is 10.1. The van der Waals surface area contributed by atoms with Gasteiger partial charge in [-0.1, -0.05) is 58.8 Å². The van der Waals surface area contributed by atoms with E-state index in [1.165, 1.54) is 32.1 Å². The summed E-state index contributed by atoms with van der Waals surface area (Å²) in [6, 6.07) is 0. The fourth-order valence-electron chi connectivity index (χ4n) is 2.17. The lowest BCUT2D eigenvalue weighted by Gasteiger charge is -2.24. The van der Waals surface area contributed by atoms with E-state index in [1.807, 2.05) is 0 Å². The molecule has 0 bridgehead atoms. The van der Waals surface area contributed by atoms with E-state index in [9.17, 15) is 10.2 Å². The molecule has 2 N–H and O–H groups in total. The van der Waals surface area contributed by atoms with Crippen LogP contribution in [0.4, 0.5) is 0 Å². The Bertz CT molecular complexity index is 209. The van der Waals surface area contributed by atoms with Crippen molar-refractivity contribution in [1.82, 2.24) is 0 Å². The molecule has 0 aromatic heterocycles. The molecule has 21 heavy (non-hydrogen) atoms. The minimum Gasteiger partial charge on any atom is -0.388 e. The fourth-order valence-corrected chi connectivity index (χ4v) is 2.17. The van der Waals surface area contributed by atoms with E-state index in [2.05, 4.69) is 13.8 Å². The molecule has 0 rings (SSSR count). The minimum absolute atomic E-state index is 0.571. The molecule has 0 heterocycles. The number of aliphatic hydroxyl groups is 2. The van der Waals surface area contributed by atoms with Gasteiger partial charge in [0.1, 0.15) is 6.10 Å². The van der Waals surface area contributed by atoms with Crippen LogP contribution < -0.4 is 0 Å². The van der Waals surface area contributed by atoms with Crippen LogP contribution in [0.3, 0.4) is 0 Å². The number of rotatable bonds is 15. The van der Waals surface area contributed by atoms with Gasteiger partial charge in [0.15, 0.2) is 12.6 Å². The van der Waals surface area contributed by atoms with Crippen molar-refractivity contribution in [3.63, 3.8) is 0 Å². The zero-order valence-corrected chi connectivity index (χ0v) is 14.2. The van der Waals surface area contributed by atoms with E-state index in [4.69, 9.17) is 9.47 Å². The molecular weight excluding hydrogens is 268 g/mol. The van der Waals surface area contributed by atoms with Gasteiger partial charge in [-0.2, -0.15) is 0 Å². The lowest BCUT2D eigenvalue weighted by molar-refractivity contribution is -0.259. The van der Waals surface area contributed by atoms with Gasteiger partial charge in [-0.05, 0) is 26.2 Å². The van der Waals surface area contributed by atoms with Crippen LogP contribution in [0.25, 0.3) is 0 Å². The summed E-state index contributed by atoms with van der Waals surface area (Å²) in [5, 5.41) is 19.5. The zero-order chi connectivity index (χ0) is 15.9. The van der Waals surface area contributed by atoms with Crippen molar-refractivity contribution < 1.29 is 19.7 Å². The molecule has 4 nitrogen and oxygen atoms in total. The Hall–Kier alpha value is -0.160. The monoisotopic (exact) mass is 304 g/mol. The molecule has 0 saturated heterocycles. The molecule has 0 fully saturated rings. The van der Waals surface area contributed by atoms with Crippen LogP contribution in [0.1, 0.15) is 85.0 Å². The molecule has 0 spiro atoms. The van der Waals surface area contributed by atoms with Crippen molar-refractivity contribution in [3.8, 4) is 0 Å². The second-order valence-corrected chi connectivity index (χ2v) is 5.83. The van der Waals surface area contributed by atoms with Crippen LogP contribution in [-0.2, 0) is 9.47 Å². The van der Waals surface area contributed by atoms with Crippen molar-refractivity contribution >= 4 is 0 Å². The van der Waals surface area contributed by atoms with E-state index >= 15 is 0 Å². The first-order valence-corrected chi connectivity index (χ1v) is 8.75. The third kappa shape index (κ3) is 13.2. The summed E-state index contributed by atoms with van der Waals surface area (Å²) in [5.74, 6) is 0. The molecule has 4 heteroatoms. The average Bonchev–Trinajstić information content (AvgIpc) is 2.45. The Kier molecular flexibility index (Phi) is 14.7. The second kappa shape index (κ2) is 14.8. The standard InChI is InChI=1S/C17H36O4/c1-4-6-8-10-12-14-20-17(15(3)18)21-16(19)13-11-9-7-5-2/h15-19H,4-14H2,1-3H3. The van der Waals surface area contributed by atoms with Gasteiger partial charge in [-0.3, -0.25) is 0 Å². The molecule has 0 aliphatic rings. The molecule has 0 aromatic carbocycles. The van der Waals surface area contributed by atoms with Crippen molar-refractivity contribution in [2.45, 2.75) is 104 Å². The Morgan fingerprint density at radius 3 is 1.95 bits per heavy atom. The minimum atomic E-state index is -0.846. The third-order valence-corrected chi connectivity index (χ3v) is 3.52. The average molecular weight is 304 g/mol. The highest BCUT2D eigenvalue weighted by Gasteiger charge is 2.19. The molecule has 0 aromatic rings. The van der Waals surface area contributed by atoms with Crippen LogP contribution in [0, 0.1) is 0 Å². The predicted octanol–water partition coefficient (Wildman–Crippen LogP) is 3.99. The maximum Gasteiger partial charge on any atom is 0.186 e. The summed E-state index contributed by atoms with van der Waals surface area (Å²) in [7, 11) is 0. The number of ether oxygens (including phenoxy) is 2. The number of aliphatic hydroxyl groups excluding tert-OH is 2. The molecule has 0 aliphatic carbocycles. The molecule has 0 aliphatic heterocycles. The Morgan fingerprint density at radius 1 is 0.810 bits per heavy atom. The zero-order valence-electron chi connectivity index (χ0n) is 14.2. The van der Waals surface area contributed by atoms with Crippen LogP contribution in [-0.4, -0.2) is 35.5 Å². The van der Waals surface area contributed by atoms with Crippen molar-refractivity contribution in [2.24, 2.45) is 0 Å². The van der Waals surface area contributed by atoms with E-state index in [0.717, 1.165) is 25.7 Å². The molecular formula is C17H36O4. The van der Waals surface area contributed by atoms with Gasteiger partial charge in [0, 0.05) is 6.61 Å². The van der Waals surface area contributed by atoms with Crippen LogP contribution in [0.15, 0.2) is 0 Å². The summed E-state index contributed by atoms with van der Waals surface area (Å²) < 4.78 is 11.0. The lowest BCUT2D eigenvalue weighted by Crippen LogP contribution is -2.34. The van der Waals surface area contributed by atoms with Gasteiger partial charge in [0.25, 0.3) is 0 Å². The summed E-state index contributed by atoms with van der Waals surface area (Å²) >= 11 is 0. The Balaban J connectivity index is 3.74. The maximum absolute atomic E-state index is 9.83. The maximum atomic E-state index is 9.83. The number of hydrogen-bond donors (Lipinski definition) is 2. The summed E-state index contributed by atoms with van der Waals surface area (Å²) in [6.07, 6.45) is 8.52. The first kappa shape index (κ1) is 20.8. The Morgan fingerprint density at radius 2 is 1.38 bits per heavy atom. The normalized spacial score (nSPS) is 15.9. The highest BCUT2D eigenvalue weighted by Crippen LogP contribution is 2.12. The van der Waals surface area contributed by atoms with Gasteiger partial charge in [-0.15, -0.1) is 0 Å². The lowest BCUT2D eigenvalue weighted by atomic mass is 10.1. The van der Waals surface area contributed by atoms with Crippen molar-refractivity contribution in [1.29, 1.82) is 0 Å². The highest BCUT2D eigenvalue weighted by molar-refractivity contribution is 4.56. The fraction of sp³-hybridized carbons (Fsp3) is 1.00. The molecule has 3 unspecified atom stereocenters. The molecule has 0 radical (unpaired) electrons. The van der Waals surface area contributed by atoms with E-state index < -0.39 is 18.7 Å². The quantitative estimate of drug-likeness (QED) is 0.355.